The molecule has 16 heavy (non-hydrogen) atoms. The van der Waals surface area contributed by atoms with Gasteiger partial charge in [0, 0.05) is 23.4 Å². The minimum atomic E-state index is 0.342. The smallest absolute Gasteiger partial charge is 0.123 e. The Kier molecular flexibility index (Phi) is 3.36. The maximum absolute atomic E-state index is 5.64. The van der Waals surface area contributed by atoms with E-state index in [4.69, 9.17) is 5.73 Å². The lowest BCUT2D eigenvalue weighted by atomic mass is 10.1. The SMILES string of the molecule is Cc1cccc(-c2nc(C(C)CN)cs2)c1. The fraction of sp³-hybridized carbons (Fsp3) is 0.308. The third kappa shape index (κ3) is 2.31. The number of thiazole rings is 1. The first kappa shape index (κ1) is 11.3. The Morgan fingerprint density at radius 2 is 2.25 bits per heavy atom. The van der Waals surface area contributed by atoms with Crippen molar-refractivity contribution in [1.29, 1.82) is 0 Å². The summed E-state index contributed by atoms with van der Waals surface area (Å²) in [6.45, 7) is 4.85. The van der Waals surface area contributed by atoms with E-state index in [1.165, 1.54) is 11.1 Å². The second-order valence-electron chi connectivity index (χ2n) is 4.08. The van der Waals surface area contributed by atoms with Crippen molar-refractivity contribution >= 4 is 11.3 Å². The molecule has 0 amide bonds. The molecule has 2 aromatic rings. The van der Waals surface area contributed by atoms with Crippen LogP contribution in [-0.2, 0) is 0 Å². The molecule has 0 radical (unpaired) electrons. The number of nitrogens with zero attached hydrogens (tertiary/aromatic N) is 1. The summed E-state index contributed by atoms with van der Waals surface area (Å²) >= 11 is 1.69. The van der Waals surface area contributed by atoms with Gasteiger partial charge in [-0.1, -0.05) is 30.7 Å². The monoisotopic (exact) mass is 232 g/mol. The van der Waals surface area contributed by atoms with Crippen molar-refractivity contribution in [3.8, 4) is 10.6 Å². The van der Waals surface area contributed by atoms with E-state index >= 15 is 0 Å². The van der Waals surface area contributed by atoms with Crippen LogP contribution in [-0.4, -0.2) is 11.5 Å². The average molecular weight is 232 g/mol. The van der Waals surface area contributed by atoms with Gasteiger partial charge >= 0.3 is 0 Å². The molecule has 0 aliphatic heterocycles. The Labute approximate surface area is 100 Å². The lowest BCUT2D eigenvalue weighted by Gasteiger charge is -2.02. The molecule has 0 saturated carbocycles. The van der Waals surface area contributed by atoms with E-state index in [1.807, 2.05) is 0 Å². The lowest BCUT2D eigenvalue weighted by molar-refractivity contribution is 0.752. The molecule has 1 atom stereocenters. The van der Waals surface area contributed by atoms with Crippen LogP contribution in [0.3, 0.4) is 0 Å². The third-order valence-corrected chi connectivity index (χ3v) is 3.56. The van der Waals surface area contributed by atoms with Gasteiger partial charge in [-0.05, 0) is 13.0 Å². The van der Waals surface area contributed by atoms with E-state index in [2.05, 4.69) is 48.5 Å². The number of hydrogen-bond acceptors (Lipinski definition) is 3. The predicted octanol–water partition coefficient (Wildman–Crippen LogP) is 3.18. The summed E-state index contributed by atoms with van der Waals surface area (Å²) in [5, 5.41) is 3.19. The fourth-order valence-electron chi connectivity index (χ4n) is 1.54. The van der Waals surface area contributed by atoms with E-state index in [0.29, 0.717) is 12.5 Å². The largest absolute Gasteiger partial charge is 0.330 e. The summed E-state index contributed by atoms with van der Waals surface area (Å²) in [4.78, 5) is 4.63. The quantitative estimate of drug-likeness (QED) is 0.882. The summed E-state index contributed by atoms with van der Waals surface area (Å²) in [7, 11) is 0. The predicted molar refractivity (Wildman–Crippen MR) is 69.8 cm³/mol. The molecule has 1 aromatic heterocycles. The molecular formula is C13H16N2S. The first-order chi connectivity index (χ1) is 7.70. The van der Waals surface area contributed by atoms with E-state index < -0.39 is 0 Å². The van der Waals surface area contributed by atoms with Gasteiger partial charge in [0.2, 0.25) is 0 Å². The molecule has 0 aliphatic carbocycles. The summed E-state index contributed by atoms with van der Waals surface area (Å²) < 4.78 is 0. The highest BCUT2D eigenvalue weighted by molar-refractivity contribution is 7.13. The van der Waals surface area contributed by atoms with Crippen LogP contribution in [0.2, 0.25) is 0 Å². The maximum Gasteiger partial charge on any atom is 0.123 e. The topological polar surface area (TPSA) is 38.9 Å². The van der Waals surface area contributed by atoms with Crippen molar-refractivity contribution in [2.24, 2.45) is 5.73 Å². The molecule has 0 saturated heterocycles. The van der Waals surface area contributed by atoms with Crippen LogP contribution in [0.4, 0.5) is 0 Å². The molecule has 2 rings (SSSR count). The van der Waals surface area contributed by atoms with Crippen molar-refractivity contribution < 1.29 is 0 Å². The van der Waals surface area contributed by atoms with Crippen LogP contribution >= 0.6 is 11.3 Å². The lowest BCUT2D eigenvalue weighted by Crippen LogP contribution is -2.08. The molecule has 1 heterocycles. The average Bonchev–Trinajstić information content (AvgIpc) is 2.77. The molecule has 1 unspecified atom stereocenters. The van der Waals surface area contributed by atoms with Gasteiger partial charge in [0.25, 0.3) is 0 Å². The van der Waals surface area contributed by atoms with Gasteiger partial charge in [-0.2, -0.15) is 0 Å². The van der Waals surface area contributed by atoms with Crippen LogP contribution in [0.25, 0.3) is 10.6 Å². The van der Waals surface area contributed by atoms with Gasteiger partial charge in [0.1, 0.15) is 5.01 Å². The Bertz CT molecular complexity index is 476. The van der Waals surface area contributed by atoms with Gasteiger partial charge < -0.3 is 5.73 Å². The number of aryl methyl sites for hydroxylation is 1. The number of benzene rings is 1. The number of rotatable bonds is 3. The minimum absolute atomic E-state index is 0.342. The zero-order valence-electron chi connectivity index (χ0n) is 9.60. The Morgan fingerprint density at radius 1 is 1.44 bits per heavy atom. The second kappa shape index (κ2) is 4.76. The van der Waals surface area contributed by atoms with Gasteiger partial charge in [-0.15, -0.1) is 11.3 Å². The van der Waals surface area contributed by atoms with Gasteiger partial charge in [0.05, 0.1) is 5.69 Å². The van der Waals surface area contributed by atoms with Crippen LogP contribution in [0.5, 0.6) is 0 Å². The standard InChI is InChI=1S/C13H16N2S/c1-9-4-3-5-11(6-9)13-15-12(8-16-13)10(2)7-14/h3-6,8,10H,7,14H2,1-2H3. The second-order valence-corrected chi connectivity index (χ2v) is 4.94. The van der Waals surface area contributed by atoms with Crippen molar-refractivity contribution in [2.75, 3.05) is 6.54 Å². The molecule has 84 valence electrons. The zero-order chi connectivity index (χ0) is 11.5. The molecule has 2 N–H and O–H groups in total. The first-order valence-corrected chi connectivity index (χ1v) is 6.31. The highest BCUT2D eigenvalue weighted by Crippen LogP contribution is 2.27. The van der Waals surface area contributed by atoms with E-state index in [-0.39, 0.29) is 0 Å². The fourth-order valence-corrected chi connectivity index (χ4v) is 2.48. The normalized spacial score (nSPS) is 12.7. The Balaban J connectivity index is 2.31. The first-order valence-electron chi connectivity index (χ1n) is 5.43. The molecule has 0 spiro atoms. The Morgan fingerprint density at radius 3 is 2.94 bits per heavy atom. The van der Waals surface area contributed by atoms with Crippen LogP contribution < -0.4 is 5.73 Å². The summed E-state index contributed by atoms with van der Waals surface area (Å²) in [5.74, 6) is 0.342. The minimum Gasteiger partial charge on any atom is -0.330 e. The molecule has 1 aromatic carbocycles. The number of hydrogen-bond donors (Lipinski definition) is 1. The van der Waals surface area contributed by atoms with Crippen molar-refractivity contribution in [1.82, 2.24) is 4.98 Å². The van der Waals surface area contributed by atoms with E-state index in [9.17, 15) is 0 Å². The highest BCUT2D eigenvalue weighted by atomic mass is 32.1. The van der Waals surface area contributed by atoms with Gasteiger partial charge in [0.15, 0.2) is 0 Å². The molecule has 2 nitrogen and oxygen atoms in total. The summed E-state index contributed by atoms with van der Waals surface area (Å²) in [6, 6.07) is 8.43. The molecule has 0 aliphatic rings. The third-order valence-electron chi connectivity index (χ3n) is 2.65. The molecule has 0 bridgehead atoms. The number of nitrogens with two attached hydrogens (primary N) is 1. The van der Waals surface area contributed by atoms with E-state index in [0.717, 1.165) is 10.7 Å². The Hall–Kier alpha value is -1.19. The van der Waals surface area contributed by atoms with E-state index in [1.54, 1.807) is 11.3 Å². The summed E-state index contributed by atoms with van der Waals surface area (Å²) in [5.41, 5.74) is 9.20. The number of aromatic nitrogens is 1. The molecular weight excluding hydrogens is 216 g/mol. The van der Waals surface area contributed by atoms with Crippen LogP contribution in [0, 0.1) is 6.92 Å². The van der Waals surface area contributed by atoms with Crippen molar-refractivity contribution in [3.63, 3.8) is 0 Å². The zero-order valence-corrected chi connectivity index (χ0v) is 10.4. The van der Waals surface area contributed by atoms with Crippen LogP contribution in [0.15, 0.2) is 29.6 Å². The maximum atomic E-state index is 5.64. The van der Waals surface area contributed by atoms with Crippen LogP contribution in [0.1, 0.15) is 24.1 Å². The van der Waals surface area contributed by atoms with Gasteiger partial charge in [-0.3, -0.25) is 0 Å². The highest BCUT2D eigenvalue weighted by Gasteiger charge is 2.09. The van der Waals surface area contributed by atoms with Crippen molar-refractivity contribution in [3.05, 3.63) is 40.9 Å². The summed E-state index contributed by atoms with van der Waals surface area (Å²) in [6.07, 6.45) is 0. The van der Waals surface area contributed by atoms with Crippen molar-refractivity contribution in [2.45, 2.75) is 19.8 Å². The molecule has 3 heteroatoms. The molecule has 0 fully saturated rings. The van der Waals surface area contributed by atoms with Gasteiger partial charge in [-0.25, -0.2) is 4.98 Å².